The number of nitrogens with zero attached hydrogens (tertiary/aromatic N) is 2. The summed E-state index contributed by atoms with van der Waals surface area (Å²) in [6.45, 7) is 0.194. The Balaban J connectivity index is 1.64. The SMILES string of the molecule is COc1ccc(-c2nc3ccccc3c(=O)[nH]2)cc1OCc1ccc([N+](=O)[O-])cc1. The van der Waals surface area contributed by atoms with Crippen molar-refractivity contribution in [2.24, 2.45) is 0 Å². The van der Waals surface area contributed by atoms with Gasteiger partial charge in [0.05, 0.1) is 22.9 Å². The van der Waals surface area contributed by atoms with Gasteiger partial charge in [-0.25, -0.2) is 4.98 Å². The van der Waals surface area contributed by atoms with Crippen molar-refractivity contribution in [2.75, 3.05) is 7.11 Å². The van der Waals surface area contributed by atoms with Crippen molar-refractivity contribution in [1.29, 1.82) is 0 Å². The molecule has 0 unspecified atom stereocenters. The molecule has 4 aromatic rings. The van der Waals surface area contributed by atoms with Gasteiger partial charge < -0.3 is 14.5 Å². The maximum atomic E-state index is 12.4. The summed E-state index contributed by atoms with van der Waals surface area (Å²) >= 11 is 0. The maximum absolute atomic E-state index is 12.4. The van der Waals surface area contributed by atoms with Gasteiger partial charge in [0.15, 0.2) is 11.5 Å². The third-order valence-electron chi connectivity index (χ3n) is 4.59. The summed E-state index contributed by atoms with van der Waals surface area (Å²) < 4.78 is 11.2. The summed E-state index contributed by atoms with van der Waals surface area (Å²) in [4.78, 5) is 30.0. The molecular formula is C22H17N3O5. The first-order valence-electron chi connectivity index (χ1n) is 9.09. The molecule has 8 heteroatoms. The molecule has 4 rings (SSSR count). The Hall–Kier alpha value is -4.20. The number of para-hydroxylation sites is 1. The van der Waals surface area contributed by atoms with Crippen molar-refractivity contribution in [3.05, 3.63) is 92.8 Å². The van der Waals surface area contributed by atoms with Crippen LogP contribution in [0.15, 0.2) is 71.5 Å². The molecular weight excluding hydrogens is 386 g/mol. The number of aromatic amines is 1. The Morgan fingerprint density at radius 1 is 1.03 bits per heavy atom. The number of methoxy groups -OCH3 is 1. The first-order valence-corrected chi connectivity index (χ1v) is 9.09. The van der Waals surface area contributed by atoms with Crippen molar-refractivity contribution in [2.45, 2.75) is 6.61 Å². The van der Waals surface area contributed by atoms with Crippen LogP contribution in [0, 0.1) is 10.1 Å². The van der Waals surface area contributed by atoms with Crippen molar-refractivity contribution < 1.29 is 14.4 Å². The molecule has 0 aliphatic carbocycles. The second kappa shape index (κ2) is 8.04. The standard InChI is InChI=1S/C22H17N3O5/c1-29-19-11-8-15(21-23-18-5-3-2-4-17(18)22(26)24-21)12-20(19)30-13-14-6-9-16(10-7-14)25(27)28/h2-12H,13H2,1H3,(H,23,24,26). The van der Waals surface area contributed by atoms with Crippen molar-refractivity contribution in [3.8, 4) is 22.9 Å². The van der Waals surface area contributed by atoms with Crippen LogP contribution >= 0.6 is 0 Å². The van der Waals surface area contributed by atoms with E-state index in [-0.39, 0.29) is 17.9 Å². The molecule has 0 aliphatic heterocycles. The number of nitrogens with one attached hydrogen (secondary N) is 1. The summed E-state index contributed by atoms with van der Waals surface area (Å²) in [5, 5.41) is 11.3. The van der Waals surface area contributed by atoms with Crippen molar-refractivity contribution in [3.63, 3.8) is 0 Å². The Labute approximate surface area is 170 Å². The molecule has 150 valence electrons. The normalized spacial score (nSPS) is 10.7. The van der Waals surface area contributed by atoms with Gasteiger partial charge in [-0.1, -0.05) is 12.1 Å². The fraction of sp³-hybridized carbons (Fsp3) is 0.0909. The Morgan fingerprint density at radius 2 is 1.80 bits per heavy atom. The molecule has 1 aromatic heterocycles. The van der Waals surface area contributed by atoms with Crippen LogP contribution < -0.4 is 15.0 Å². The van der Waals surface area contributed by atoms with E-state index in [0.717, 1.165) is 5.56 Å². The zero-order valence-electron chi connectivity index (χ0n) is 16.0. The second-order valence-corrected chi connectivity index (χ2v) is 6.51. The van der Waals surface area contributed by atoms with Gasteiger partial charge >= 0.3 is 0 Å². The number of non-ortho nitro benzene ring substituents is 1. The molecule has 0 fully saturated rings. The number of H-pyrrole nitrogens is 1. The van der Waals surface area contributed by atoms with E-state index in [9.17, 15) is 14.9 Å². The van der Waals surface area contributed by atoms with E-state index in [2.05, 4.69) is 9.97 Å². The quantitative estimate of drug-likeness (QED) is 0.384. The van der Waals surface area contributed by atoms with Crippen LogP contribution in [0.3, 0.4) is 0 Å². The van der Waals surface area contributed by atoms with E-state index in [1.165, 1.54) is 19.2 Å². The minimum absolute atomic E-state index is 0.0182. The number of nitro benzene ring substituents is 1. The maximum Gasteiger partial charge on any atom is 0.269 e. The lowest BCUT2D eigenvalue weighted by Gasteiger charge is -2.12. The van der Waals surface area contributed by atoms with Crippen LogP contribution in [0.2, 0.25) is 0 Å². The smallest absolute Gasteiger partial charge is 0.269 e. The number of aromatic nitrogens is 2. The van der Waals surface area contributed by atoms with Crippen LogP contribution in [0.1, 0.15) is 5.56 Å². The zero-order chi connectivity index (χ0) is 21.1. The number of rotatable bonds is 6. The molecule has 0 radical (unpaired) electrons. The highest BCUT2D eigenvalue weighted by atomic mass is 16.6. The van der Waals surface area contributed by atoms with Gasteiger partial charge in [0.1, 0.15) is 12.4 Å². The molecule has 30 heavy (non-hydrogen) atoms. The lowest BCUT2D eigenvalue weighted by molar-refractivity contribution is -0.384. The molecule has 0 saturated heterocycles. The number of benzene rings is 3. The first kappa shape index (κ1) is 19.1. The van der Waals surface area contributed by atoms with E-state index < -0.39 is 4.92 Å². The van der Waals surface area contributed by atoms with Gasteiger partial charge in [-0.05, 0) is 48.0 Å². The minimum Gasteiger partial charge on any atom is -0.493 e. The van der Waals surface area contributed by atoms with E-state index in [0.29, 0.717) is 33.8 Å². The van der Waals surface area contributed by atoms with Gasteiger partial charge in [0.25, 0.3) is 11.2 Å². The second-order valence-electron chi connectivity index (χ2n) is 6.51. The average molecular weight is 403 g/mol. The molecule has 0 atom stereocenters. The zero-order valence-corrected chi connectivity index (χ0v) is 16.0. The summed E-state index contributed by atoms with van der Waals surface area (Å²) in [5.74, 6) is 1.40. The van der Waals surface area contributed by atoms with Gasteiger partial charge in [0.2, 0.25) is 0 Å². The van der Waals surface area contributed by atoms with Crippen LogP contribution in [0.25, 0.3) is 22.3 Å². The van der Waals surface area contributed by atoms with E-state index in [1.807, 2.05) is 6.07 Å². The van der Waals surface area contributed by atoms with Crippen LogP contribution in [0.5, 0.6) is 11.5 Å². The third-order valence-corrected chi connectivity index (χ3v) is 4.59. The van der Waals surface area contributed by atoms with Crippen molar-refractivity contribution in [1.82, 2.24) is 9.97 Å². The predicted molar refractivity (Wildman–Crippen MR) is 112 cm³/mol. The van der Waals surface area contributed by atoms with Crippen LogP contribution in [-0.2, 0) is 6.61 Å². The van der Waals surface area contributed by atoms with Crippen molar-refractivity contribution >= 4 is 16.6 Å². The van der Waals surface area contributed by atoms with E-state index in [4.69, 9.17) is 9.47 Å². The third kappa shape index (κ3) is 3.83. The molecule has 0 spiro atoms. The van der Waals surface area contributed by atoms with Crippen LogP contribution in [0.4, 0.5) is 5.69 Å². The van der Waals surface area contributed by atoms with Gasteiger partial charge in [-0.3, -0.25) is 14.9 Å². The minimum atomic E-state index is -0.450. The molecule has 0 saturated carbocycles. The average Bonchev–Trinajstić information content (AvgIpc) is 2.77. The fourth-order valence-electron chi connectivity index (χ4n) is 3.03. The summed E-state index contributed by atoms with van der Waals surface area (Å²) in [6, 6.07) is 18.5. The van der Waals surface area contributed by atoms with Gasteiger partial charge in [0, 0.05) is 17.7 Å². The topological polar surface area (TPSA) is 107 Å². The molecule has 0 bridgehead atoms. The lowest BCUT2D eigenvalue weighted by atomic mass is 10.1. The summed E-state index contributed by atoms with van der Waals surface area (Å²) in [7, 11) is 1.53. The number of ether oxygens (including phenoxy) is 2. The molecule has 1 heterocycles. The van der Waals surface area contributed by atoms with E-state index in [1.54, 1.807) is 48.5 Å². The molecule has 8 nitrogen and oxygen atoms in total. The molecule has 3 aromatic carbocycles. The van der Waals surface area contributed by atoms with Gasteiger partial charge in [-0.15, -0.1) is 0 Å². The fourth-order valence-corrected chi connectivity index (χ4v) is 3.03. The molecule has 0 aliphatic rings. The van der Waals surface area contributed by atoms with Crippen LogP contribution in [-0.4, -0.2) is 22.0 Å². The Bertz CT molecular complexity index is 1280. The summed E-state index contributed by atoms with van der Waals surface area (Å²) in [6.07, 6.45) is 0. The molecule has 1 N–H and O–H groups in total. The highest BCUT2D eigenvalue weighted by Crippen LogP contribution is 2.32. The lowest BCUT2D eigenvalue weighted by Crippen LogP contribution is -2.09. The number of hydrogen-bond acceptors (Lipinski definition) is 6. The molecule has 0 amide bonds. The predicted octanol–water partition coefficient (Wildman–Crippen LogP) is 4.09. The first-order chi connectivity index (χ1) is 14.5. The number of fused-ring (bicyclic) bond motifs is 1. The monoisotopic (exact) mass is 403 g/mol. The number of nitro groups is 1. The summed E-state index contributed by atoms with van der Waals surface area (Å²) in [5.41, 5.74) is 1.83. The Kier molecular flexibility index (Phi) is 5.13. The van der Waals surface area contributed by atoms with E-state index >= 15 is 0 Å². The highest BCUT2D eigenvalue weighted by molar-refractivity contribution is 5.79. The van der Waals surface area contributed by atoms with Gasteiger partial charge in [-0.2, -0.15) is 0 Å². The number of hydrogen-bond donors (Lipinski definition) is 1. The largest absolute Gasteiger partial charge is 0.493 e. The highest BCUT2D eigenvalue weighted by Gasteiger charge is 2.11. The Morgan fingerprint density at radius 3 is 2.53 bits per heavy atom.